The Kier molecular flexibility index (Phi) is 8.03. The number of nitrogens with zero attached hydrogens (tertiary/aromatic N) is 2. The number of carbonyl (C=O) groups excluding carboxylic acids is 1. The normalized spacial score (nSPS) is 16.8. The van der Waals surface area contributed by atoms with Crippen molar-refractivity contribution in [3.8, 4) is 11.1 Å². The van der Waals surface area contributed by atoms with Gasteiger partial charge in [0.2, 0.25) is 5.30 Å². The zero-order chi connectivity index (χ0) is 25.1. The first kappa shape index (κ1) is 26.2. The molecule has 1 saturated heterocycles. The molecule has 2 heterocycles. The molecule has 184 valence electrons. The molecule has 0 bridgehead atoms. The topological polar surface area (TPSA) is 121 Å². The summed E-state index contributed by atoms with van der Waals surface area (Å²) in [5.41, 5.74) is 0.649. The summed E-state index contributed by atoms with van der Waals surface area (Å²) in [6.07, 6.45) is 3.66. The lowest BCUT2D eigenvalue weighted by Crippen LogP contribution is -2.40. The standard InChI is InChI=1S/C24H32N2O7P/c1-6-12-24(13-7-2)14-32-34(30,33-15-24)22-17(4)25-16(3)20(23(27)31-5)21(22)18-10-8-9-11-19(18)26(28)29/h8-11,30H,6-7,12-15H2,1-5H3/q+1. The Morgan fingerprint density at radius 3 is 2.29 bits per heavy atom. The van der Waals surface area contributed by atoms with Gasteiger partial charge in [0.15, 0.2) is 0 Å². The molecule has 0 spiro atoms. The predicted octanol–water partition coefficient (Wildman–Crippen LogP) is 5.07. The Morgan fingerprint density at radius 1 is 1.18 bits per heavy atom. The number of nitro groups is 1. The fraction of sp³-hybridized carbons (Fsp3) is 0.500. The van der Waals surface area contributed by atoms with Gasteiger partial charge >= 0.3 is 13.9 Å². The maximum atomic E-state index is 12.9. The molecule has 1 aromatic heterocycles. The number of rotatable bonds is 8. The molecule has 0 aliphatic carbocycles. The summed E-state index contributed by atoms with van der Waals surface area (Å²) >= 11 is 0. The summed E-state index contributed by atoms with van der Waals surface area (Å²) in [7, 11) is -2.50. The minimum Gasteiger partial charge on any atom is -0.465 e. The molecule has 1 aliphatic rings. The van der Waals surface area contributed by atoms with Crippen molar-refractivity contribution in [3.05, 3.63) is 51.3 Å². The van der Waals surface area contributed by atoms with Crippen LogP contribution in [-0.4, -0.2) is 41.1 Å². The largest absolute Gasteiger partial charge is 0.465 e. The van der Waals surface area contributed by atoms with Crippen molar-refractivity contribution in [1.82, 2.24) is 4.98 Å². The Balaban J connectivity index is 2.27. The SMILES string of the molecule is CCCC1(CCC)CO[P+](O)(c2c(C)nc(C)c(C(=O)OC)c2-c2ccccc2[N+](=O)[O-])OC1. The highest BCUT2D eigenvalue weighted by atomic mass is 31.2. The highest BCUT2D eigenvalue weighted by Gasteiger charge is 2.56. The first-order valence-corrected chi connectivity index (χ1v) is 13.0. The Labute approximate surface area is 200 Å². The molecule has 0 amide bonds. The molecule has 2 aromatic rings. The average molecular weight is 492 g/mol. The van der Waals surface area contributed by atoms with Crippen LogP contribution in [-0.2, 0) is 13.8 Å². The highest BCUT2D eigenvalue weighted by Crippen LogP contribution is 2.63. The van der Waals surface area contributed by atoms with Crippen LogP contribution in [0, 0.1) is 29.4 Å². The second-order valence-electron chi connectivity index (χ2n) is 8.71. The van der Waals surface area contributed by atoms with E-state index in [0.717, 1.165) is 25.7 Å². The van der Waals surface area contributed by atoms with Crippen molar-refractivity contribution in [2.24, 2.45) is 5.41 Å². The van der Waals surface area contributed by atoms with Crippen molar-refractivity contribution >= 4 is 24.9 Å². The second-order valence-corrected chi connectivity index (χ2v) is 10.7. The van der Waals surface area contributed by atoms with Crippen LogP contribution in [0.25, 0.3) is 11.1 Å². The number of nitro benzene ring substituents is 1. The number of para-hydroxylation sites is 1. The van der Waals surface area contributed by atoms with Crippen LogP contribution in [0.15, 0.2) is 24.3 Å². The summed E-state index contributed by atoms with van der Waals surface area (Å²) in [6.45, 7) is 8.06. The van der Waals surface area contributed by atoms with Gasteiger partial charge in [0.25, 0.3) is 5.69 Å². The van der Waals surface area contributed by atoms with E-state index < -0.39 is 18.8 Å². The van der Waals surface area contributed by atoms with Gasteiger partial charge in [-0.1, -0.05) is 38.8 Å². The summed E-state index contributed by atoms with van der Waals surface area (Å²) < 4.78 is 17.2. The van der Waals surface area contributed by atoms with Crippen molar-refractivity contribution in [3.63, 3.8) is 0 Å². The van der Waals surface area contributed by atoms with Crippen molar-refractivity contribution in [2.45, 2.75) is 53.4 Å². The van der Waals surface area contributed by atoms with Gasteiger partial charge in [-0.05, 0) is 32.8 Å². The lowest BCUT2D eigenvalue weighted by Gasteiger charge is -2.37. The van der Waals surface area contributed by atoms with E-state index in [4.69, 9.17) is 13.8 Å². The molecule has 0 unspecified atom stereocenters. The molecule has 34 heavy (non-hydrogen) atoms. The second kappa shape index (κ2) is 10.4. The minimum absolute atomic E-state index is 0.0389. The van der Waals surface area contributed by atoms with Gasteiger partial charge < -0.3 is 4.74 Å². The molecule has 0 saturated carbocycles. The van der Waals surface area contributed by atoms with Crippen LogP contribution < -0.4 is 5.30 Å². The summed E-state index contributed by atoms with van der Waals surface area (Å²) in [6, 6.07) is 6.07. The molecule has 10 heteroatoms. The molecule has 3 rings (SSSR count). The van der Waals surface area contributed by atoms with E-state index in [-0.39, 0.29) is 46.3 Å². The average Bonchev–Trinajstić information content (AvgIpc) is 2.80. The molecular formula is C24H32N2O7P+. The maximum Gasteiger partial charge on any atom is 0.448 e. The number of hydrogen-bond donors (Lipinski definition) is 1. The first-order valence-electron chi connectivity index (χ1n) is 11.4. The number of aryl methyl sites for hydroxylation is 2. The van der Waals surface area contributed by atoms with E-state index in [1.54, 1.807) is 26.0 Å². The van der Waals surface area contributed by atoms with E-state index in [0.29, 0.717) is 11.4 Å². The quantitative estimate of drug-likeness (QED) is 0.235. The van der Waals surface area contributed by atoms with Crippen molar-refractivity contribution < 1.29 is 28.4 Å². The fourth-order valence-corrected chi connectivity index (χ4v) is 6.98. The van der Waals surface area contributed by atoms with Crippen molar-refractivity contribution in [1.29, 1.82) is 0 Å². The van der Waals surface area contributed by atoms with Gasteiger partial charge in [0, 0.05) is 11.5 Å². The predicted molar refractivity (Wildman–Crippen MR) is 130 cm³/mol. The number of ether oxygens (including phenoxy) is 1. The van der Waals surface area contributed by atoms with E-state index in [9.17, 15) is 19.8 Å². The van der Waals surface area contributed by atoms with Crippen LogP contribution >= 0.6 is 7.94 Å². The number of carbonyl (C=O) groups is 1. The third kappa shape index (κ3) is 4.84. The van der Waals surface area contributed by atoms with Gasteiger partial charge in [-0.15, -0.1) is 0 Å². The van der Waals surface area contributed by atoms with E-state index >= 15 is 0 Å². The van der Waals surface area contributed by atoms with Crippen LogP contribution in [0.5, 0.6) is 0 Å². The first-order chi connectivity index (χ1) is 16.1. The zero-order valence-corrected chi connectivity index (χ0v) is 21.2. The van der Waals surface area contributed by atoms with Crippen LogP contribution in [0.2, 0.25) is 0 Å². The molecule has 1 aliphatic heterocycles. The summed E-state index contributed by atoms with van der Waals surface area (Å²) in [4.78, 5) is 40.4. The molecule has 1 fully saturated rings. The molecule has 0 atom stereocenters. The summed E-state index contributed by atoms with van der Waals surface area (Å²) in [5.74, 6) is -0.714. The molecule has 9 nitrogen and oxygen atoms in total. The van der Waals surface area contributed by atoms with Gasteiger partial charge in [0.1, 0.15) is 13.2 Å². The van der Waals surface area contributed by atoms with Crippen LogP contribution in [0.4, 0.5) is 5.69 Å². The number of methoxy groups -OCH3 is 1. The van der Waals surface area contributed by atoms with Crippen LogP contribution in [0.3, 0.4) is 0 Å². The van der Waals surface area contributed by atoms with E-state index in [1.165, 1.54) is 19.2 Å². The number of esters is 1. The third-order valence-corrected chi connectivity index (χ3v) is 8.29. The van der Waals surface area contributed by atoms with Crippen LogP contribution in [0.1, 0.15) is 61.3 Å². The van der Waals surface area contributed by atoms with E-state index in [2.05, 4.69) is 18.8 Å². The molecule has 1 aromatic carbocycles. The maximum absolute atomic E-state index is 12.9. The Morgan fingerprint density at radius 2 is 1.76 bits per heavy atom. The van der Waals surface area contributed by atoms with Gasteiger partial charge in [-0.2, -0.15) is 13.9 Å². The number of pyridine rings is 1. The lowest BCUT2D eigenvalue weighted by molar-refractivity contribution is -0.384. The number of hydrogen-bond acceptors (Lipinski definition) is 8. The monoisotopic (exact) mass is 491 g/mol. The van der Waals surface area contributed by atoms with Crippen molar-refractivity contribution in [2.75, 3.05) is 20.3 Å². The third-order valence-electron chi connectivity index (χ3n) is 6.22. The van der Waals surface area contributed by atoms with E-state index in [1.807, 2.05) is 0 Å². The number of aromatic nitrogens is 1. The van der Waals surface area contributed by atoms with Gasteiger partial charge in [-0.3, -0.25) is 15.1 Å². The Hall–Kier alpha value is -2.45. The zero-order valence-electron chi connectivity index (χ0n) is 20.3. The Bertz CT molecular complexity index is 1070. The number of benzene rings is 1. The lowest BCUT2D eigenvalue weighted by atomic mass is 9.81. The fourth-order valence-electron chi connectivity index (χ4n) is 4.78. The summed E-state index contributed by atoms with van der Waals surface area (Å²) in [5, 5.41) is 12.0. The smallest absolute Gasteiger partial charge is 0.448 e. The minimum atomic E-state index is -3.72. The molecular weight excluding hydrogens is 459 g/mol. The molecule has 1 N–H and O–H groups in total. The highest BCUT2D eigenvalue weighted by molar-refractivity contribution is 7.69. The van der Waals surface area contributed by atoms with Gasteiger partial charge in [0.05, 0.1) is 40.1 Å². The van der Waals surface area contributed by atoms with Gasteiger partial charge in [-0.25, -0.2) is 4.79 Å². The molecule has 0 radical (unpaired) electrons.